The summed E-state index contributed by atoms with van der Waals surface area (Å²) in [6.07, 6.45) is 0. The zero-order valence-electron chi connectivity index (χ0n) is 14.9. The summed E-state index contributed by atoms with van der Waals surface area (Å²) in [5.41, 5.74) is -0.174. The Balaban J connectivity index is 1.53. The molecule has 1 saturated heterocycles. The van der Waals surface area contributed by atoms with Crippen molar-refractivity contribution >= 4 is 35.4 Å². The molecule has 1 atom stereocenters. The third kappa shape index (κ3) is 2.58. The maximum atomic E-state index is 13.0. The zero-order valence-corrected chi connectivity index (χ0v) is 15.7. The predicted octanol–water partition coefficient (Wildman–Crippen LogP) is 2.40. The van der Waals surface area contributed by atoms with Gasteiger partial charge < -0.3 is 5.32 Å². The summed E-state index contributed by atoms with van der Waals surface area (Å²) in [6.45, 7) is 1.40. The van der Waals surface area contributed by atoms with Gasteiger partial charge in [0.1, 0.15) is 5.54 Å². The van der Waals surface area contributed by atoms with Crippen molar-refractivity contribution < 1.29 is 19.2 Å². The molecule has 2 aliphatic heterocycles. The predicted molar refractivity (Wildman–Crippen MR) is 101 cm³/mol. The minimum atomic E-state index is -1.31. The van der Waals surface area contributed by atoms with E-state index in [4.69, 9.17) is 11.6 Å². The van der Waals surface area contributed by atoms with Gasteiger partial charge >= 0.3 is 6.03 Å². The van der Waals surface area contributed by atoms with Crippen LogP contribution in [-0.4, -0.2) is 46.6 Å². The largest absolute Gasteiger partial charge is 0.325 e. The van der Waals surface area contributed by atoms with Gasteiger partial charge in [0, 0.05) is 23.7 Å². The minimum absolute atomic E-state index is 0.0793. The van der Waals surface area contributed by atoms with Crippen molar-refractivity contribution in [3.63, 3.8) is 0 Å². The first kappa shape index (κ1) is 18.2. The highest BCUT2D eigenvalue weighted by Gasteiger charge is 2.50. The van der Waals surface area contributed by atoms with E-state index < -0.39 is 29.3 Å². The Morgan fingerprint density at radius 2 is 1.39 bits per heavy atom. The standard InChI is InChI=1S/C20H16ClN3O4/c1-20(14-8-4-5-9-15(14)21)18(27)24(19(28)22-20)11-10-23-16(25)12-6-2-3-7-13(12)17(23)26/h2-9H,10-11H2,1H3,(H,22,28)/t20-/m0/s1. The number of hydrogen-bond acceptors (Lipinski definition) is 4. The van der Waals surface area contributed by atoms with E-state index in [1.165, 1.54) is 0 Å². The van der Waals surface area contributed by atoms with Crippen LogP contribution in [0.4, 0.5) is 4.79 Å². The Morgan fingerprint density at radius 3 is 2.00 bits per heavy atom. The Bertz CT molecular complexity index is 1000. The number of carbonyl (C=O) groups excluding carboxylic acids is 4. The van der Waals surface area contributed by atoms with Gasteiger partial charge in [0.15, 0.2) is 0 Å². The monoisotopic (exact) mass is 397 g/mol. The molecule has 0 spiro atoms. The van der Waals surface area contributed by atoms with Crippen molar-refractivity contribution in [2.24, 2.45) is 0 Å². The molecule has 1 N–H and O–H groups in total. The van der Waals surface area contributed by atoms with Gasteiger partial charge in [-0.25, -0.2) is 4.79 Å². The van der Waals surface area contributed by atoms with Crippen LogP contribution in [0.25, 0.3) is 0 Å². The van der Waals surface area contributed by atoms with E-state index in [0.29, 0.717) is 21.7 Å². The van der Waals surface area contributed by atoms with Gasteiger partial charge in [-0.3, -0.25) is 24.2 Å². The Morgan fingerprint density at radius 1 is 0.857 bits per heavy atom. The first-order valence-corrected chi connectivity index (χ1v) is 9.07. The van der Waals surface area contributed by atoms with Crippen LogP contribution in [0.5, 0.6) is 0 Å². The van der Waals surface area contributed by atoms with Gasteiger partial charge in [0.2, 0.25) is 0 Å². The molecule has 8 heteroatoms. The maximum Gasteiger partial charge on any atom is 0.325 e. The van der Waals surface area contributed by atoms with Crippen molar-refractivity contribution in [2.45, 2.75) is 12.5 Å². The molecular formula is C20H16ClN3O4. The second kappa shape index (κ2) is 6.45. The van der Waals surface area contributed by atoms with Gasteiger partial charge in [-0.15, -0.1) is 0 Å². The summed E-state index contributed by atoms with van der Waals surface area (Å²) in [4.78, 5) is 52.4. The smallest absolute Gasteiger partial charge is 0.319 e. The van der Waals surface area contributed by atoms with Crippen LogP contribution in [0.2, 0.25) is 5.02 Å². The molecule has 28 heavy (non-hydrogen) atoms. The number of amides is 5. The maximum absolute atomic E-state index is 13.0. The molecule has 0 radical (unpaired) electrons. The number of fused-ring (bicyclic) bond motifs is 1. The third-order valence-electron chi connectivity index (χ3n) is 5.11. The highest BCUT2D eigenvalue weighted by Crippen LogP contribution is 2.33. The molecule has 5 amide bonds. The average molecular weight is 398 g/mol. The van der Waals surface area contributed by atoms with E-state index in [9.17, 15) is 19.2 Å². The Labute approximate surface area is 165 Å². The Hall–Kier alpha value is -3.19. The molecule has 2 aliphatic rings. The molecule has 2 aromatic rings. The number of halogens is 1. The van der Waals surface area contributed by atoms with E-state index in [2.05, 4.69) is 5.32 Å². The number of benzene rings is 2. The van der Waals surface area contributed by atoms with Crippen molar-refractivity contribution in [3.8, 4) is 0 Å². The third-order valence-corrected chi connectivity index (χ3v) is 5.44. The topological polar surface area (TPSA) is 86.8 Å². The van der Waals surface area contributed by atoms with Crippen LogP contribution in [0, 0.1) is 0 Å². The van der Waals surface area contributed by atoms with Crippen molar-refractivity contribution in [1.82, 2.24) is 15.1 Å². The summed E-state index contributed by atoms with van der Waals surface area (Å²) in [5, 5.41) is 3.03. The lowest BCUT2D eigenvalue weighted by atomic mass is 9.92. The summed E-state index contributed by atoms with van der Waals surface area (Å²) in [5.74, 6) is -1.34. The van der Waals surface area contributed by atoms with E-state index in [1.54, 1.807) is 55.5 Å². The zero-order chi connectivity index (χ0) is 20.1. The number of urea groups is 1. The molecule has 2 aromatic carbocycles. The fraction of sp³-hybridized carbons (Fsp3) is 0.200. The molecule has 1 fully saturated rings. The van der Waals surface area contributed by atoms with E-state index in [1.807, 2.05) is 0 Å². The van der Waals surface area contributed by atoms with Gasteiger partial charge in [0.05, 0.1) is 11.1 Å². The van der Waals surface area contributed by atoms with Gasteiger partial charge in [0.25, 0.3) is 17.7 Å². The van der Waals surface area contributed by atoms with Crippen LogP contribution < -0.4 is 5.32 Å². The summed E-state index contributed by atoms with van der Waals surface area (Å²) in [7, 11) is 0. The normalized spacial score (nSPS) is 21.4. The highest BCUT2D eigenvalue weighted by atomic mass is 35.5. The number of nitrogens with zero attached hydrogens (tertiary/aromatic N) is 2. The lowest BCUT2D eigenvalue weighted by molar-refractivity contribution is -0.131. The molecule has 0 bridgehead atoms. The summed E-state index contributed by atoms with van der Waals surface area (Å²) >= 11 is 6.21. The second-order valence-electron chi connectivity index (χ2n) is 6.80. The molecule has 0 aromatic heterocycles. The SMILES string of the molecule is C[C@@]1(c2ccccc2Cl)NC(=O)N(CCN2C(=O)c3ccccc3C2=O)C1=O. The van der Waals surface area contributed by atoms with Crippen LogP contribution in [0.15, 0.2) is 48.5 Å². The molecule has 0 aliphatic carbocycles. The number of rotatable bonds is 4. The van der Waals surface area contributed by atoms with Crippen LogP contribution in [0.3, 0.4) is 0 Å². The van der Waals surface area contributed by atoms with Crippen LogP contribution in [0.1, 0.15) is 33.2 Å². The van der Waals surface area contributed by atoms with Crippen molar-refractivity contribution in [2.75, 3.05) is 13.1 Å². The van der Waals surface area contributed by atoms with Crippen LogP contribution >= 0.6 is 11.6 Å². The van der Waals surface area contributed by atoms with Gasteiger partial charge in [-0.05, 0) is 25.1 Å². The highest BCUT2D eigenvalue weighted by molar-refractivity contribution is 6.32. The summed E-state index contributed by atoms with van der Waals surface area (Å²) in [6, 6.07) is 12.7. The van der Waals surface area contributed by atoms with Gasteiger partial charge in [-0.2, -0.15) is 0 Å². The second-order valence-corrected chi connectivity index (χ2v) is 7.21. The molecule has 2 heterocycles. The number of nitrogens with one attached hydrogen (secondary N) is 1. The first-order valence-electron chi connectivity index (χ1n) is 8.69. The lowest BCUT2D eigenvalue weighted by Crippen LogP contribution is -2.43. The number of hydrogen-bond donors (Lipinski definition) is 1. The first-order chi connectivity index (χ1) is 13.3. The minimum Gasteiger partial charge on any atom is -0.319 e. The molecule has 0 saturated carbocycles. The quantitative estimate of drug-likeness (QED) is 0.634. The molecule has 0 unspecified atom stereocenters. The fourth-order valence-corrected chi connectivity index (χ4v) is 3.92. The fourth-order valence-electron chi connectivity index (χ4n) is 3.59. The average Bonchev–Trinajstić information content (AvgIpc) is 3.05. The van der Waals surface area contributed by atoms with E-state index in [-0.39, 0.29) is 13.1 Å². The Kier molecular flexibility index (Phi) is 4.19. The van der Waals surface area contributed by atoms with Crippen molar-refractivity contribution in [1.29, 1.82) is 0 Å². The van der Waals surface area contributed by atoms with Gasteiger partial charge in [-0.1, -0.05) is 41.9 Å². The van der Waals surface area contributed by atoms with Crippen molar-refractivity contribution in [3.05, 3.63) is 70.2 Å². The lowest BCUT2D eigenvalue weighted by Gasteiger charge is -2.24. The molecule has 142 valence electrons. The molecule has 4 rings (SSSR count). The van der Waals surface area contributed by atoms with E-state index >= 15 is 0 Å². The van der Waals surface area contributed by atoms with E-state index in [0.717, 1.165) is 9.80 Å². The number of carbonyl (C=O) groups is 4. The molecule has 7 nitrogen and oxygen atoms in total. The summed E-state index contributed by atoms with van der Waals surface area (Å²) < 4.78 is 0. The van der Waals surface area contributed by atoms with Crippen LogP contribution in [-0.2, 0) is 10.3 Å². The number of imide groups is 2. The molecular weight excluding hydrogens is 382 g/mol.